The molecule has 2 aromatic carbocycles. The molecule has 0 bridgehead atoms. The summed E-state index contributed by atoms with van der Waals surface area (Å²) in [6.07, 6.45) is -0.730. The summed E-state index contributed by atoms with van der Waals surface area (Å²) in [5, 5.41) is 11.9. The highest BCUT2D eigenvalue weighted by Gasteiger charge is 2.29. The normalized spacial score (nSPS) is 12.2. The van der Waals surface area contributed by atoms with Crippen LogP contribution in [0.15, 0.2) is 54.6 Å². The van der Waals surface area contributed by atoms with Crippen LogP contribution in [0, 0.1) is 13.8 Å². The lowest BCUT2D eigenvalue weighted by molar-refractivity contribution is 0.0697. The summed E-state index contributed by atoms with van der Waals surface area (Å²) in [6.45, 7) is 3.55. The maximum absolute atomic E-state index is 12.4. The number of carbonyl (C=O) groups excluding carboxylic acids is 1. The van der Waals surface area contributed by atoms with Gasteiger partial charge in [0.1, 0.15) is 18.0 Å². The molecular formula is C23H20N2O4. The molecule has 1 aliphatic rings. The Labute approximate surface area is 168 Å². The van der Waals surface area contributed by atoms with Crippen LogP contribution >= 0.6 is 0 Å². The molecule has 29 heavy (non-hydrogen) atoms. The lowest BCUT2D eigenvalue weighted by atomic mass is 9.98. The van der Waals surface area contributed by atoms with E-state index >= 15 is 0 Å². The molecule has 0 unspecified atom stereocenters. The Morgan fingerprint density at radius 2 is 1.62 bits per heavy atom. The molecule has 0 aliphatic heterocycles. The summed E-state index contributed by atoms with van der Waals surface area (Å²) < 4.78 is 5.48. The molecule has 0 saturated heterocycles. The minimum atomic E-state index is -1.15. The molecule has 6 nitrogen and oxygen atoms in total. The van der Waals surface area contributed by atoms with Gasteiger partial charge in [0.15, 0.2) is 0 Å². The van der Waals surface area contributed by atoms with Crippen molar-refractivity contribution in [3.8, 4) is 11.1 Å². The zero-order valence-corrected chi connectivity index (χ0v) is 16.1. The number of fused-ring (bicyclic) bond motifs is 3. The second-order valence-electron chi connectivity index (χ2n) is 7.06. The van der Waals surface area contributed by atoms with Crippen LogP contribution in [-0.2, 0) is 4.74 Å². The van der Waals surface area contributed by atoms with Gasteiger partial charge in [0.25, 0.3) is 0 Å². The quantitative estimate of drug-likeness (QED) is 0.673. The highest BCUT2D eigenvalue weighted by atomic mass is 16.5. The van der Waals surface area contributed by atoms with Gasteiger partial charge in [-0.25, -0.2) is 14.6 Å². The van der Waals surface area contributed by atoms with E-state index < -0.39 is 12.1 Å². The lowest BCUT2D eigenvalue weighted by Crippen LogP contribution is -2.21. The zero-order chi connectivity index (χ0) is 20.5. The fraction of sp³-hybridized carbons (Fsp3) is 0.174. The number of carbonyl (C=O) groups is 2. The number of amides is 1. The molecule has 0 saturated carbocycles. The molecule has 3 aromatic rings. The highest BCUT2D eigenvalue weighted by molar-refractivity contribution is 5.98. The van der Waals surface area contributed by atoms with Gasteiger partial charge in [0.05, 0.1) is 0 Å². The summed E-state index contributed by atoms with van der Waals surface area (Å²) in [6, 6.07) is 17.8. The van der Waals surface area contributed by atoms with Crippen LogP contribution in [0.5, 0.6) is 0 Å². The van der Waals surface area contributed by atoms with Crippen molar-refractivity contribution in [1.29, 1.82) is 0 Å². The van der Waals surface area contributed by atoms with Crippen molar-refractivity contribution in [3.63, 3.8) is 0 Å². The van der Waals surface area contributed by atoms with E-state index in [-0.39, 0.29) is 23.9 Å². The van der Waals surface area contributed by atoms with Gasteiger partial charge in [-0.1, -0.05) is 48.5 Å². The Balaban J connectivity index is 1.54. The van der Waals surface area contributed by atoms with Gasteiger partial charge in [-0.15, -0.1) is 0 Å². The number of nitrogens with zero attached hydrogens (tertiary/aromatic N) is 1. The zero-order valence-electron chi connectivity index (χ0n) is 16.1. The fourth-order valence-electron chi connectivity index (χ4n) is 3.93. The molecule has 2 N–H and O–H groups in total. The minimum absolute atomic E-state index is 0.00720. The molecule has 1 aromatic heterocycles. The third kappa shape index (κ3) is 3.45. The number of hydrogen-bond donors (Lipinski definition) is 2. The average Bonchev–Trinajstić information content (AvgIpc) is 2.99. The number of aromatic nitrogens is 1. The first-order valence-corrected chi connectivity index (χ1v) is 9.29. The van der Waals surface area contributed by atoms with Gasteiger partial charge < -0.3 is 9.84 Å². The maximum Gasteiger partial charge on any atom is 0.412 e. The standard InChI is InChI=1S/C23H20N2O4/c1-13-11-14(2)24-21(20(13)22(26)27)25-23(28)29-12-19-17-9-5-3-7-15(17)16-8-4-6-10-18(16)19/h3-11,19H,12H2,1-2H3,(H,26,27)(H,24,25,28). The van der Waals surface area contributed by atoms with Crippen molar-refractivity contribution in [2.24, 2.45) is 0 Å². The Kier molecular flexibility index (Phi) is 4.76. The molecule has 0 spiro atoms. The number of hydrogen-bond acceptors (Lipinski definition) is 4. The Morgan fingerprint density at radius 3 is 2.21 bits per heavy atom. The number of aryl methyl sites for hydroxylation is 2. The summed E-state index contributed by atoms with van der Waals surface area (Å²) in [4.78, 5) is 28.1. The maximum atomic E-state index is 12.4. The van der Waals surface area contributed by atoms with Crippen LogP contribution in [0.1, 0.15) is 38.7 Å². The third-order valence-electron chi connectivity index (χ3n) is 5.12. The SMILES string of the molecule is Cc1cc(C)c(C(=O)O)c(NC(=O)OCC2c3ccccc3-c3ccccc32)n1. The number of rotatable bonds is 4. The molecule has 146 valence electrons. The van der Waals surface area contributed by atoms with E-state index in [0.717, 1.165) is 22.3 Å². The van der Waals surface area contributed by atoms with E-state index in [0.29, 0.717) is 11.3 Å². The topological polar surface area (TPSA) is 88.5 Å². The summed E-state index contributed by atoms with van der Waals surface area (Å²) in [7, 11) is 0. The number of nitrogens with one attached hydrogen (secondary N) is 1. The molecular weight excluding hydrogens is 368 g/mol. The van der Waals surface area contributed by atoms with Gasteiger partial charge in [0, 0.05) is 11.6 Å². The second-order valence-corrected chi connectivity index (χ2v) is 7.06. The molecule has 0 atom stereocenters. The Hall–Kier alpha value is -3.67. The van der Waals surface area contributed by atoms with E-state index in [1.165, 1.54) is 0 Å². The van der Waals surface area contributed by atoms with Crippen LogP contribution in [0.4, 0.5) is 10.6 Å². The second kappa shape index (κ2) is 7.39. The van der Waals surface area contributed by atoms with Crippen LogP contribution < -0.4 is 5.32 Å². The van der Waals surface area contributed by atoms with Crippen molar-refractivity contribution >= 4 is 17.9 Å². The van der Waals surface area contributed by atoms with Gasteiger partial charge in [-0.2, -0.15) is 0 Å². The smallest absolute Gasteiger partial charge is 0.412 e. The number of benzene rings is 2. The number of carboxylic acids is 1. The molecule has 1 amide bonds. The van der Waals surface area contributed by atoms with E-state index in [1.807, 2.05) is 36.4 Å². The lowest BCUT2D eigenvalue weighted by Gasteiger charge is -2.15. The first-order valence-electron chi connectivity index (χ1n) is 9.29. The number of ether oxygens (including phenoxy) is 1. The number of aromatic carboxylic acids is 1. The predicted octanol–water partition coefficient (Wildman–Crippen LogP) is 4.76. The average molecular weight is 388 g/mol. The van der Waals surface area contributed by atoms with E-state index in [9.17, 15) is 14.7 Å². The van der Waals surface area contributed by atoms with Crippen molar-refractivity contribution in [3.05, 3.63) is 82.5 Å². The van der Waals surface area contributed by atoms with Crippen LogP contribution in [-0.4, -0.2) is 28.8 Å². The number of pyridine rings is 1. The first-order chi connectivity index (χ1) is 14.0. The molecule has 0 fully saturated rings. The summed E-state index contributed by atoms with van der Waals surface area (Å²) >= 11 is 0. The fourth-order valence-corrected chi connectivity index (χ4v) is 3.93. The van der Waals surface area contributed by atoms with Gasteiger partial charge in [0.2, 0.25) is 0 Å². The molecule has 4 rings (SSSR count). The largest absolute Gasteiger partial charge is 0.478 e. The Bertz CT molecular complexity index is 1080. The molecule has 1 aliphatic carbocycles. The van der Waals surface area contributed by atoms with Crippen molar-refractivity contribution in [1.82, 2.24) is 4.98 Å². The van der Waals surface area contributed by atoms with Crippen molar-refractivity contribution in [2.45, 2.75) is 19.8 Å². The monoisotopic (exact) mass is 388 g/mol. The van der Waals surface area contributed by atoms with Gasteiger partial charge >= 0.3 is 12.1 Å². The van der Waals surface area contributed by atoms with Gasteiger partial charge in [-0.05, 0) is 47.7 Å². The van der Waals surface area contributed by atoms with E-state index in [2.05, 4.69) is 22.4 Å². The van der Waals surface area contributed by atoms with Crippen LogP contribution in [0.2, 0.25) is 0 Å². The Morgan fingerprint density at radius 1 is 1.03 bits per heavy atom. The minimum Gasteiger partial charge on any atom is -0.478 e. The van der Waals surface area contributed by atoms with Crippen molar-refractivity contribution in [2.75, 3.05) is 11.9 Å². The van der Waals surface area contributed by atoms with Gasteiger partial charge in [-0.3, -0.25) is 5.32 Å². The summed E-state index contributed by atoms with van der Waals surface area (Å²) in [5.74, 6) is -1.23. The third-order valence-corrected chi connectivity index (χ3v) is 5.12. The van der Waals surface area contributed by atoms with E-state index in [1.54, 1.807) is 19.9 Å². The molecule has 0 radical (unpaired) electrons. The number of anilines is 1. The number of carboxylic acid groups (broad SMARTS) is 1. The van der Waals surface area contributed by atoms with Crippen LogP contribution in [0.3, 0.4) is 0 Å². The highest BCUT2D eigenvalue weighted by Crippen LogP contribution is 2.44. The van der Waals surface area contributed by atoms with Crippen LogP contribution in [0.25, 0.3) is 11.1 Å². The van der Waals surface area contributed by atoms with E-state index in [4.69, 9.17) is 4.74 Å². The van der Waals surface area contributed by atoms with Crippen molar-refractivity contribution < 1.29 is 19.4 Å². The first kappa shape index (κ1) is 18.7. The predicted molar refractivity (Wildman–Crippen MR) is 109 cm³/mol. The summed E-state index contributed by atoms with van der Waals surface area (Å²) in [5.41, 5.74) is 5.60. The molecule has 1 heterocycles. The molecule has 6 heteroatoms.